The van der Waals surface area contributed by atoms with Crippen LogP contribution in [-0.2, 0) is 7.05 Å². The molecule has 0 N–H and O–H groups in total. The zero-order valence-electron chi connectivity index (χ0n) is 11.2. The Balaban J connectivity index is 2.21. The summed E-state index contributed by atoms with van der Waals surface area (Å²) in [7, 11) is 1.90. The minimum Gasteiger partial charge on any atom is -0.331 e. The average Bonchev–Trinajstić information content (AvgIpc) is 2.89. The first-order valence-electron chi connectivity index (χ1n) is 6.23. The van der Waals surface area contributed by atoms with Gasteiger partial charge in [-0.25, -0.2) is 15.0 Å². The Morgan fingerprint density at radius 3 is 2.50 bits per heavy atom. The van der Waals surface area contributed by atoms with E-state index in [1.54, 1.807) is 12.5 Å². The van der Waals surface area contributed by atoms with Crippen LogP contribution in [0.4, 0.5) is 0 Å². The summed E-state index contributed by atoms with van der Waals surface area (Å²) in [6.45, 7) is 1.93. The molecule has 0 fully saturated rings. The molecule has 2 heterocycles. The Bertz CT molecular complexity index is 750. The van der Waals surface area contributed by atoms with Crippen LogP contribution in [0.25, 0.3) is 22.8 Å². The van der Waals surface area contributed by atoms with Crippen LogP contribution in [0, 0.1) is 6.92 Å². The monoisotopic (exact) mass is 284 g/mol. The van der Waals surface area contributed by atoms with E-state index in [0.717, 1.165) is 22.5 Å². The van der Waals surface area contributed by atoms with E-state index in [1.165, 1.54) is 0 Å². The van der Waals surface area contributed by atoms with Crippen molar-refractivity contribution in [1.82, 2.24) is 19.5 Å². The summed E-state index contributed by atoms with van der Waals surface area (Å²) in [5.41, 5.74) is 3.59. The highest BCUT2D eigenvalue weighted by Gasteiger charge is 2.14. The van der Waals surface area contributed by atoms with Gasteiger partial charge in [-0.15, -0.1) is 0 Å². The van der Waals surface area contributed by atoms with Gasteiger partial charge in [0.05, 0.1) is 18.2 Å². The Labute approximate surface area is 122 Å². The highest BCUT2D eigenvalue weighted by atomic mass is 35.5. The van der Waals surface area contributed by atoms with Gasteiger partial charge in [-0.2, -0.15) is 0 Å². The molecule has 0 amide bonds. The van der Waals surface area contributed by atoms with Gasteiger partial charge in [0.15, 0.2) is 5.82 Å². The van der Waals surface area contributed by atoms with Crippen molar-refractivity contribution in [2.75, 3.05) is 0 Å². The molecule has 3 aromatic rings. The number of halogens is 1. The van der Waals surface area contributed by atoms with E-state index in [-0.39, 0.29) is 0 Å². The molecule has 0 aliphatic rings. The Kier molecular flexibility index (Phi) is 3.24. The molecular formula is C15H13ClN4. The lowest BCUT2D eigenvalue weighted by Gasteiger charge is -2.09. The number of hydrogen-bond acceptors (Lipinski definition) is 3. The number of aryl methyl sites for hydroxylation is 1. The van der Waals surface area contributed by atoms with Crippen molar-refractivity contribution in [1.29, 1.82) is 0 Å². The van der Waals surface area contributed by atoms with Crippen LogP contribution in [0.2, 0.25) is 5.15 Å². The van der Waals surface area contributed by atoms with Gasteiger partial charge >= 0.3 is 0 Å². The van der Waals surface area contributed by atoms with Gasteiger partial charge in [0, 0.05) is 18.2 Å². The zero-order valence-corrected chi connectivity index (χ0v) is 12.0. The second-order valence-corrected chi connectivity index (χ2v) is 4.93. The minimum atomic E-state index is 0.468. The molecule has 0 bridgehead atoms. The van der Waals surface area contributed by atoms with E-state index in [1.807, 2.05) is 48.9 Å². The van der Waals surface area contributed by atoms with Crippen molar-refractivity contribution in [3.8, 4) is 22.8 Å². The van der Waals surface area contributed by atoms with Crippen LogP contribution >= 0.6 is 11.6 Å². The minimum absolute atomic E-state index is 0.468. The zero-order chi connectivity index (χ0) is 14.1. The van der Waals surface area contributed by atoms with Crippen molar-refractivity contribution in [2.24, 2.45) is 7.05 Å². The molecule has 2 aromatic heterocycles. The smallest absolute Gasteiger partial charge is 0.179 e. The van der Waals surface area contributed by atoms with Crippen LogP contribution in [0.5, 0.6) is 0 Å². The van der Waals surface area contributed by atoms with Gasteiger partial charge in [0.25, 0.3) is 0 Å². The van der Waals surface area contributed by atoms with Crippen molar-refractivity contribution in [3.63, 3.8) is 0 Å². The number of rotatable bonds is 2. The number of nitrogens with zero attached hydrogens (tertiary/aromatic N) is 4. The van der Waals surface area contributed by atoms with Gasteiger partial charge in [0.1, 0.15) is 10.8 Å². The van der Waals surface area contributed by atoms with Crippen LogP contribution in [0.1, 0.15) is 5.56 Å². The maximum absolute atomic E-state index is 6.26. The maximum Gasteiger partial charge on any atom is 0.179 e. The molecule has 0 saturated carbocycles. The first kappa shape index (κ1) is 12.8. The van der Waals surface area contributed by atoms with Gasteiger partial charge in [0.2, 0.25) is 0 Å². The molecule has 5 heteroatoms. The summed E-state index contributed by atoms with van der Waals surface area (Å²) >= 11 is 6.26. The highest BCUT2D eigenvalue weighted by Crippen LogP contribution is 2.28. The lowest BCUT2D eigenvalue weighted by molar-refractivity contribution is 0.907. The van der Waals surface area contributed by atoms with E-state index in [0.29, 0.717) is 11.0 Å². The van der Waals surface area contributed by atoms with Crippen LogP contribution in [0.3, 0.4) is 0 Å². The normalized spacial score (nSPS) is 10.8. The molecule has 3 rings (SSSR count). The third kappa shape index (κ3) is 2.18. The molecule has 20 heavy (non-hydrogen) atoms. The van der Waals surface area contributed by atoms with Gasteiger partial charge in [-0.1, -0.05) is 41.9 Å². The quantitative estimate of drug-likeness (QED) is 0.677. The first-order valence-corrected chi connectivity index (χ1v) is 6.61. The molecule has 0 atom stereocenters. The number of hydrogen-bond donors (Lipinski definition) is 0. The van der Waals surface area contributed by atoms with Gasteiger partial charge < -0.3 is 4.57 Å². The molecule has 100 valence electrons. The fraction of sp³-hybridized carbons (Fsp3) is 0.133. The summed E-state index contributed by atoms with van der Waals surface area (Å²) < 4.78 is 1.87. The summed E-state index contributed by atoms with van der Waals surface area (Å²) in [6.07, 6.45) is 3.45. The molecular weight excluding hydrogens is 272 g/mol. The van der Waals surface area contributed by atoms with E-state index in [9.17, 15) is 0 Å². The lowest BCUT2D eigenvalue weighted by Crippen LogP contribution is -2.00. The largest absolute Gasteiger partial charge is 0.331 e. The fourth-order valence-corrected chi connectivity index (χ4v) is 2.22. The highest BCUT2D eigenvalue weighted by molar-refractivity contribution is 6.30. The van der Waals surface area contributed by atoms with Crippen molar-refractivity contribution < 1.29 is 0 Å². The number of aromatic nitrogens is 4. The Morgan fingerprint density at radius 2 is 1.85 bits per heavy atom. The summed E-state index contributed by atoms with van der Waals surface area (Å²) in [5, 5.41) is 0.468. The van der Waals surface area contributed by atoms with Crippen molar-refractivity contribution >= 4 is 11.6 Å². The fourth-order valence-electron chi connectivity index (χ4n) is 2.05. The Hall–Kier alpha value is -2.20. The third-order valence-corrected chi connectivity index (χ3v) is 3.55. The molecule has 0 saturated heterocycles. The number of benzene rings is 1. The molecule has 1 aromatic carbocycles. The predicted molar refractivity (Wildman–Crippen MR) is 79.4 cm³/mol. The second kappa shape index (κ2) is 5.06. The topological polar surface area (TPSA) is 43.6 Å². The molecule has 0 aliphatic carbocycles. The van der Waals surface area contributed by atoms with Crippen LogP contribution in [-0.4, -0.2) is 19.5 Å². The summed E-state index contributed by atoms with van der Waals surface area (Å²) in [6, 6.07) is 9.96. The molecule has 0 radical (unpaired) electrons. The number of imidazole rings is 1. The molecule has 0 aliphatic heterocycles. The van der Waals surface area contributed by atoms with Gasteiger partial charge in [-0.3, -0.25) is 0 Å². The van der Waals surface area contributed by atoms with Crippen molar-refractivity contribution in [3.05, 3.63) is 53.6 Å². The van der Waals surface area contributed by atoms with E-state index >= 15 is 0 Å². The molecule has 0 spiro atoms. The van der Waals surface area contributed by atoms with E-state index in [4.69, 9.17) is 11.6 Å². The summed E-state index contributed by atoms with van der Waals surface area (Å²) in [4.78, 5) is 13.1. The van der Waals surface area contributed by atoms with Crippen LogP contribution in [0.15, 0.2) is 42.9 Å². The maximum atomic E-state index is 6.26. The van der Waals surface area contributed by atoms with Crippen molar-refractivity contribution in [2.45, 2.75) is 6.92 Å². The molecule has 4 nitrogen and oxygen atoms in total. The summed E-state index contributed by atoms with van der Waals surface area (Å²) in [5.74, 6) is 0.583. The van der Waals surface area contributed by atoms with Crippen LogP contribution < -0.4 is 0 Å². The standard InChI is InChI=1S/C15H13ClN4/c1-10-13(11-6-4-3-5-7-11)18-15(19-14(10)16)12-8-17-9-20(12)2/h3-9H,1-2H3. The van der Waals surface area contributed by atoms with E-state index in [2.05, 4.69) is 15.0 Å². The first-order chi connectivity index (χ1) is 9.66. The average molecular weight is 285 g/mol. The third-order valence-electron chi connectivity index (χ3n) is 3.18. The van der Waals surface area contributed by atoms with E-state index < -0.39 is 0 Å². The van der Waals surface area contributed by atoms with Gasteiger partial charge in [-0.05, 0) is 6.92 Å². The lowest BCUT2D eigenvalue weighted by atomic mass is 10.1. The Morgan fingerprint density at radius 1 is 1.10 bits per heavy atom. The molecule has 0 unspecified atom stereocenters. The second-order valence-electron chi connectivity index (χ2n) is 4.57. The predicted octanol–water partition coefficient (Wildman–Crippen LogP) is 3.51. The SMILES string of the molecule is Cc1c(Cl)nc(-c2cncn2C)nc1-c1ccccc1.